The summed E-state index contributed by atoms with van der Waals surface area (Å²) in [5.41, 5.74) is 0. The molecular weight excluding hydrogens is 252 g/mol. The fourth-order valence-corrected chi connectivity index (χ4v) is 3.50. The van der Waals surface area contributed by atoms with Crippen molar-refractivity contribution in [3.63, 3.8) is 0 Å². The number of aliphatic hydroxyl groups is 1. The molecule has 0 spiro atoms. The highest BCUT2D eigenvalue weighted by Gasteiger charge is 2.29. The first-order valence-corrected chi connectivity index (χ1v) is 8.26. The first kappa shape index (κ1) is 15.8. The summed E-state index contributed by atoms with van der Waals surface area (Å²) in [5.74, 6) is 0.600. The normalized spacial score (nSPS) is 29.5. The van der Waals surface area contributed by atoms with Crippen LogP contribution in [0.25, 0.3) is 0 Å². The number of rotatable bonds is 4. The molecule has 0 aromatic carbocycles. The van der Waals surface area contributed by atoms with E-state index in [9.17, 15) is 9.90 Å². The van der Waals surface area contributed by atoms with E-state index in [2.05, 4.69) is 4.90 Å². The molecule has 1 saturated carbocycles. The van der Waals surface area contributed by atoms with Crippen molar-refractivity contribution in [1.29, 1.82) is 0 Å². The summed E-state index contributed by atoms with van der Waals surface area (Å²) < 4.78 is 0. The van der Waals surface area contributed by atoms with E-state index in [-0.39, 0.29) is 18.1 Å². The minimum Gasteiger partial charge on any atom is -0.393 e. The lowest BCUT2D eigenvalue weighted by atomic mass is 9.86. The molecule has 1 saturated heterocycles. The molecule has 0 bridgehead atoms. The summed E-state index contributed by atoms with van der Waals surface area (Å²) in [6.07, 6.45) is 7.73. The van der Waals surface area contributed by atoms with Gasteiger partial charge in [0.15, 0.2) is 0 Å². The number of carbonyl (C=O) groups is 1. The summed E-state index contributed by atoms with van der Waals surface area (Å²) in [4.78, 5) is 16.6. The van der Waals surface area contributed by atoms with Gasteiger partial charge in [0.25, 0.3) is 0 Å². The Morgan fingerprint density at radius 3 is 2.50 bits per heavy atom. The van der Waals surface area contributed by atoms with Crippen molar-refractivity contribution < 1.29 is 9.90 Å². The molecule has 3 unspecified atom stereocenters. The second kappa shape index (κ2) is 7.41. The van der Waals surface area contributed by atoms with Crippen LogP contribution in [0.2, 0.25) is 0 Å². The maximum atomic E-state index is 12.5. The lowest BCUT2D eigenvalue weighted by Gasteiger charge is -2.36. The Hall–Kier alpha value is -0.610. The molecule has 0 aromatic heterocycles. The standard InChI is InChI=1S/C16H30N2O2/c1-13(16(20)18-10-6-3-7-11-18)17(2)12-14-8-4-5-9-15(14)19/h13-15,19H,3-12H2,1-2H3. The number of hydrogen-bond donors (Lipinski definition) is 1. The van der Waals surface area contributed by atoms with E-state index in [1.807, 2.05) is 18.9 Å². The van der Waals surface area contributed by atoms with Crippen molar-refractivity contribution in [2.24, 2.45) is 5.92 Å². The van der Waals surface area contributed by atoms with E-state index in [0.29, 0.717) is 5.92 Å². The quantitative estimate of drug-likeness (QED) is 0.856. The number of aliphatic hydroxyl groups excluding tert-OH is 1. The van der Waals surface area contributed by atoms with E-state index in [0.717, 1.165) is 51.7 Å². The molecule has 20 heavy (non-hydrogen) atoms. The molecule has 2 aliphatic rings. The summed E-state index contributed by atoms with van der Waals surface area (Å²) in [6.45, 7) is 4.68. The van der Waals surface area contributed by atoms with Crippen molar-refractivity contribution in [3.8, 4) is 0 Å². The zero-order valence-electron chi connectivity index (χ0n) is 13.1. The number of likely N-dealkylation sites (N-methyl/N-ethyl adjacent to an activating group) is 1. The van der Waals surface area contributed by atoms with Crippen LogP contribution in [0.1, 0.15) is 51.9 Å². The van der Waals surface area contributed by atoms with E-state index in [4.69, 9.17) is 0 Å². The summed E-state index contributed by atoms with van der Waals surface area (Å²) in [5, 5.41) is 10.1. The number of piperidine rings is 1. The molecule has 1 heterocycles. The molecule has 1 aliphatic heterocycles. The Labute approximate surface area is 123 Å². The minimum absolute atomic E-state index is 0.0674. The zero-order chi connectivity index (χ0) is 14.5. The van der Waals surface area contributed by atoms with Gasteiger partial charge in [-0.25, -0.2) is 0 Å². The van der Waals surface area contributed by atoms with E-state index >= 15 is 0 Å². The van der Waals surface area contributed by atoms with Gasteiger partial charge in [0.2, 0.25) is 5.91 Å². The van der Waals surface area contributed by atoms with Crippen LogP contribution in [0.3, 0.4) is 0 Å². The van der Waals surface area contributed by atoms with Gasteiger partial charge in [-0.1, -0.05) is 12.8 Å². The fraction of sp³-hybridized carbons (Fsp3) is 0.938. The third kappa shape index (κ3) is 3.95. The highest BCUT2D eigenvalue weighted by atomic mass is 16.3. The third-order valence-electron chi connectivity index (χ3n) is 5.08. The average molecular weight is 282 g/mol. The van der Waals surface area contributed by atoms with Crippen molar-refractivity contribution in [2.75, 3.05) is 26.7 Å². The third-order valence-corrected chi connectivity index (χ3v) is 5.08. The van der Waals surface area contributed by atoms with Crippen molar-refractivity contribution in [2.45, 2.75) is 64.0 Å². The van der Waals surface area contributed by atoms with Crippen LogP contribution in [-0.2, 0) is 4.79 Å². The highest BCUT2D eigenvalue weighted by Crippen LogP contribution is 2.25. The number of hydrogen-bond acceptors (Lipinski definition) is 3. The predicted molar refractivity (Wildman–Crippen MR) is 80.5 cm³/mol. The van der Waals surface area contributed by atoms with Crippen LogP contribution in [0.4, 0.5) is 0 Å². The molecule has 116 valence electrons. The molecule has 4 heteroatoms. The first-order chi connectivity index (χ1) is 9.59. The predicted octanol–water partition coefficient (Wildman–Crippen LogP) is 1.87. The Morgan fingerprint density at radius 2 is 1.85 bits per heavy atom. The molecule has 1 N–H and O–H groups in total. The fourth-order valence-electron chi connectivity index (χ4n) is 3.50. The molecule has 2 fully saturated rings. The monoisotopic (exact) mass is 282 g/mol. The van der Waals surface area contributed by atoms with Crippen molar-refractivity contribution >= 4 is 5.91 Å². The van der Waals surface area contributed by atoms with Crippen LogP contribution in [0, 0.1) is 5.92 Å². The van der Waals surface area contributed by atoms with Gasteiger partial charge in [0.1, 0.15) is 0 Å². The average Bonchev–Trinajstić information content (AvgIpc) is 2.49. The number of nitrogens with zero attached hydrogens (tertiary/aromatic N) is 2. The van der Waals surface area contributed by atoms with Crippen LogP contribution in [0.5, 0.6) is 0 Å². The topological polar surface area (TPSA) is 43.8 Å². The second-order valence-electron chi connectivity index (χ2n) is 6.61. The molecule has 1 aliphatic carbocycles. The molecule has 3 atom stereocenters. The van der Waals surface area contributed by atoms with Gasteiger partial charge in [-0.15, -0.1) is 0 Å². The number of amides is 1. The number of likely N-dealkylation sites (tertiary alicyclic amines) is 1. The smallest absolute Gasteiger partial charge is 0.239 e. The van der Waals surface area contributed by atoms with Gasteiger partial charge in [-0.05, 0) is 52.0 Å². The lowest BCUT2D eigenvalue weighted by Crippen LogP contribution is -2.49. The largest absolute Gasteiger partial charge is 0.393 e. The molecule has 1 amide bonds. The van der Waals surface area contributed by atoms with E-state index in [1.54, 1.807) is 0 Å². The second-order valence-corrected chi connectivity index (χ2v) is 6.61. The van der Waals surface area contributed by atoms with Crippen molar-refractivity contribution in [1.82, 2.24) is 9.80 Å². The SMILES string of the molecule is CC(C(=O)N1CCCCC1)N(C)CC1CCCCC1O. The van der Waals surface area contributed by atoms with Crippen LogP contribution in [0.15, 0.2) is 0 Å². The zero-order valence-corrected chi connectivity index (χ0v) is 13.1. The Balaban J connectivity index is 1.83. The number of carbonyl (C=O) groups excluding carboxylic acids is 1. The summed E-state index contributed by atoms with van der Waals surface area (Å²) >= 11 is 0. The molecule has 0 aromatic rings. The van der Waals surface area contributed by atoms with Crippen molar-refractivity contribution in [3.05, 3.63) is 0 Å². The van der Waals surface area contributed by atoms with Gasteiger partial charge in [0.05, 0.1) is 12.1 Å². The van der Waals surface area contributed by atoms with Gasteiger partial charge in [-0.2, -0.15) is 0 Å². The maximum Gasteiger partial charge on any atom is 0.239 e. The molecular formula is C16H30N2O2. The maximum absolute atomic E-state index is 12.5. The first-order valence-electron chi connectivity index (χ1n) is 8.26. The van der Waals surface area contributed by atoms with Crippen LogP contribution in [-0.4, -0.2) is 59.6 Å². The molecule has 2 rings (SSSR count). The lowest BCUT2D eigenvalue weighted by molar-refractivity contribution is -0.137. The Bertz CT molecular complexity index is 316. The van der Waals surface area contributed by atoms with Gasteiger partial charge in [0, 0.05) is 19.6 Å². The molecule has 0 radical (unpaired) electrons. The van der Waals surface area contributed by atoms with Crippen LogP contribution >= 0.6 is 0 Å². The van der Waals surface area contributed by atoms with Gasteiger partial charge < -0.3 is 10.0 Å². The Morgan fingerprint density at radius 1 is 1.20 bits per heavy atom. The van der Waals surface area contributed by atoms with Gasteiger partial charge in [-0.3, -0.25) is 9.69 Å². The minimum atomic E-state index is -0.177. The van der Waals surface area contributed by atoms with E-state index < -0.39 is 0 Å². The molecule has 4 nitrogen and oxygen atoms in total. The van der Waals surface area contributed by atoms with E-state index in [1.165, 1.54) is 12.8 Å². The highest BCUT2D eigenvalue weighted by molar-refractivity contribution is 5.81. The van der Waals surface area contributed by atoms with Crippen LogP contribution < -0.4 is 0 Å². The van der Waals surface area contributed by atoms with Gasteiger partial charge >= 0.3 is 0 Å². The summed E-state index contributed by atoms with van der Waals surface area (Å²) in [6, 6.07) is -0.0674. The summed E-state index contributed by atoms with van der Waals surface area (Å²) in [7, 11) is 2.02. The Kier molecular flexibility index (Phi) is 5.85.